The number of nitrogens with zero attached hydrogens (tertiary/aromatic N) is 3. The van der Waals surface area contributed by atoms with Gasteiger partial charge in [-0.1, -0.05) is 18.2 Å². The number of ether oxygens (including phenoxy) is 2. The minimum atomic E-state index is -0.735. The minimum absolute atomic E-state index is 0.0147. The monoisotopic (exact) mass is 345 g/mol. The van der Waals surface area contributed by atoms with Gasteiger partial charge >= 0.3 is 5.97 Å². The Morgan fingerprint density at radius 1 is 1.32 bits per heavy atom. The van der Waals surface area contributed by atoms with Gasteiger partial charge in [0.05, 0.1) is 18.1 Å². The van der Waals surface area contributed by atoms with E-state index < -0.39 is 5.97 Å². The zero-order valence-electron chi connectivity index (χ0n) is 14.1. The van der Waals surface area contributed by atoms with E-state index in [0.717, 1.165) is 4.68 Å². The summed E-state index contributed by atoms with van der Waals surface area (Å²) in [4.78, 5) is 38.2. The molecule has 1 atom stereocenters. The van der Waals surface area contributed by atoms with Crippen LogP contribution in [-0.2, 0) is 21.3 Å². The molecule has 132 valence electrons. The van der Waals surface area contributed by atoms with Gasteiger partial charge in [-0.3, -0.25) is 9.59 Å². The molecule has 0 saturated carbocycles. The molecule has 25 heavy (non-hydrogen) atoms. The number of morpholine rings is 1. The molecule has 0 bridgehead atoms. The first-order valence-corrected chi connectivity index (χ1v) is 8.00. The van der Waals surface area contributed by atoms with Crippen LogP contribution in [0.3, 0.4) is 0 Å². The zero-order valence-corrected chi connectivity index (χ0v) is 14.1. The second-order valence-corrected chi connectivity index (χ2v) is 5.92. The third-order valence-corrected chi connectivity index (χ3v) is 4.07. The Labute approximate surface area is 143 Å². The molecule has 1 unspecified atom stereocenters. The van der Waals surface area contributed by atoms with Crippen LogP contribution in [0.25, 0.3) is 10.8 Å². The second-order valence-electron chi connectivity index (χ2n) is 5.92. The Morgan fingerprint density at radius 2 is 2.04 bits per heavy atom. The highest BCUT2D eigenvalue weighted by atomic mass is 16.5. The first-order valence-electron chi connectivity index (χ1n) is 8.00. The average Bonchev–Trinajstić information content (AvgIpc) is 2.62. The fraction of sp³-hybridized carbons (Fsp3) is 0.412. The van der Waals surface area contributed by atoms with Gasteiger partial charge in [-0.2, -0.15) is 5.10 Å². The minimum Gasteiger partial charge on any atom is -0.451 e. The van der Waals surface area contributed by atoms with E-state index in [1.807, 2.05) is 6.92 Å². The number of rotatable bonds is 3. The molecule has 1 aromatic carbocycles. The van der Waals surface area contributed by atoms with Crippen LogP contribution in [-0.4, -0.2) is 59.0 Å². The van der Waals surface area contributed by atoms with E-state index in [-0.39, 0.29) is 29.9 Å². The van der Waals surface area contributed by atoms with Gasteiger partial charge in [0, 0.05) is 25.5 Å². The van der Waals surface area contributed by atoms with E-state index in [0.29, 0.717) is 30.5 Å². The third kappa shape index (κ3) is 3.53. The van der Waals surface area contributed by atoms with Crippen molar-refractivity contribution in [1.82, 2.24) is 14.7 Å². The average molecular weight is 345 g/mol. The van der Waals surface area contributed by atoms with Gasteiger partial charge in [-0.25, -0.2) is 9.48 Å². The molecule has 1 aliphatic rings. The Hall–Kier alpha value is -2.74. The molecule has 0 radical (unpaired) electrons. The topological polar surface area (TPSA) is 90.7 Å². The van der Waals surface area contributed by atoms with E-state index in [2.05, 4.69) is 5.10 Å². The molecular formula is C17H19N3O5. The highest BCUT2D eigenvalue weighted by molar-refractivity contribution is 6.02. The molecule has 8 nitrogen and oxygen atoms in total. The van der Waals surface area contributed by atoms with Crippen LogP contribution in [0.5, 0.6) is 0 Å². The van der Waals surface area contributed by atoms with Crippen LogP contribution in [0.1, 0.15) is 17.4 Å². The summed E-state index contributed by atoms with van der Waals surface area (Å²) in [5, 5.41) is 4.77. The number of fused-ring (bicyclic) bond motifs is 1. The maximum atomic E-state index is 12.4. The molecule has 0 spiro atoms. The number of hydrogen-bond donors (Lipinski definition) is 0. The van der Waals surface area contributed by atoms with Crippen LogP contribution in [0, 0.1) is 0 Å². The van der Waals surface area contributed by atoms with E-state index in [1.165, 1.54) is 7.05 Å². The maximum Gasteiger partial charge on any atom is 0.359 e. The number of benzene rings is 1. The fourth-order valence-electron chi connectivity index (χ4n) is 2.78. The Kier molecular flexibility index (Phi) is 4.80. The van der Waals surface area contributed by atoms with Gasteiger partial charge in [-0.05, 0) is 13.0 Å². The predicted molar refractivity (Wildman–Crippen MR) is 89.3 cm³/mol. The van der Waals surface area contributed by atoms with Crippen molar-refractivity contribution in [2.75, 3.05) is 26.3 Å². The Bertz CT molecular complexity index is 876. The molecule has 8 heteroatoms. The first kappa shape index (κ1) is 17.1. The lowest BCUT2D eigenvalue weighted by Crippen LogP contribution is -2.46. The van der Waals surface area contributed by atoms with Gasteiger partial charge in [0.2, 0.25) is 0 Å². The van der Waals surface area contributed by atoms with Crippen molar-refractivity contribution in [3.05, 3.63) is 40.3 Å². The molecule has 1 saturated heterocycles. The third-order valence-electron chi connectivity index (χ3n) is 4.07. The molecule has 3 rings (SSSR count). The first-order chi connectivity index (χ1) is 12.0. The van der Waals surface area contributed by atoms with Crippen LogP contribution in [0.15, 0.2) is 29.1 Å². The van der Waals surface area contributed by atoms with Crippen molar-refractivity contribution in [3.63, 3.8) is 0 Å². The van der Waals surface area contributed by atoms with Crippen molar-refractivity contribution in [3.8, 4) is 0 Å². The molecule has 0 aliphatic carbocycles. The predicted octanol–water partition coefficient (Wildman–Crippen LogP) is 0.338. The molecule has 0 N–H and O–H groups in total. The van der Waals surface area contributed by atoms with E-state index in [4.69, 9.17) is 9.47 Å². The smallest absolute Gasteiger partial charge is 0.359 e. The maximum absolute atomic E-state index is 12.4. The van der Waals surface area contributed by atoms with E-state index in [1.54, 1.807) is 29.2 Å². The van der Waals surface area contributed by atoms with Crippen molar-refractivity contribution in [2.45, 2.75) is 13.0 Å². The summed E-state index contributed by atoms with van der Waals surface area (Å²) in [7, 11) is 1.46. The van der Waals surface area contributed by atoms with Crippen LogP contribution in [0.4, 0.5) is 0 Å². The molecule has 1 fully saturated rings. The quantitative estimate of drug-likeness (QED) is 0.745. The number of aromatic nitrogens is 2. The van der Waals surface area contributed by atoms with E-state index in [9.17, 15) is 14.4 Å². The summed E-state index contributed by atoms with van der Waals surface area (Å²) in [6.45, 7) is 2.92. The molecule has 2 aromatic rings. The summed E-state index contributed by atoms with van der Waals surface area (Å²) in [6.07, 6.45) is -0.0392. The highest BCUT2D eigenvalue weighted by Crippen LogP contribution is 2.14. The largest absolute Gasteiger partial charge is 0.451 e. The standard InChI is InChI=1S/C17H19N3O5/c1-11-9-20(7-8-24-11)14(21)10-25-17(23)15-12-5-3-4-6-13(12)16(22)19(2)18-15/h3-6,11H,7-10H2,1-2H3. The molecule has 2 heterocycles. The zero-order chi connectivity index (χ0) is 18.0. The Morgan fingerprint density at radius 3 is 2.76 bits per heavy atom. The van der Waals surface area contributed by atoms with Crippen molar-refractivity contribution >= 4 is 22.6 Å². The fourth-order valence-corrected chi connectivity index (χ4v) is 2.78. The van der Waals surface area contributed by atoms with Crippen LogP contribution >= 0.6 is 0 Å². The van der Waals surface area contributed by atoms with Crippen molar-refractivity contribution in [1.29, 1.82) is 0 Å². The summed E-state index contributed by atoms with van der Waals surface area (Å²) >= 11 is 0. The number of carbonyl (C=O) groups excluding carboxylic acids is 2. The van der Waals surface area contributed by atoms with Crippen LogP contribution < -0.4 is 5.56 Å². The van der Waals surface area contributed by atoms with Crippen molar-refractivity contribution in [2.24, 2.45) is 7.05 Å². The van der Waals surface area contributed by atoms with Gasteiger partial charge in [0.1, 0.15) is 0 Å². The summed E-state index contributed by atoms with van der Waals surface area (Å²) < 4.78 is 11.6. The number of carbonyl (C=O) groups is 2. The number of aryl methyl sites for hydroxylation is 1. The normalized spacial score (nSPS) is 17.5. The summed E-state index contributed by atoms with van der Waals surface area (Å²) in [5.74, 6) is -1.01. The van der Waals surface area contributed by atoms with Gasteiger partial charge in [-0.15, -0.1) is 0 Å². The lowest BCUT2D eigenvalue weighted by Gasteiger charge is -2.30. The number of hydrogen-bond acceptors (Lipinski definition) is 6. The van der Waals surface area contributed by atoms with Gasteiger partial charge < -0.3 is 14.4 Å². The SMILES string of the molecule is CC1CN(C(=O)COC(=O)c2nn(C)c(=O)c3ccccc23)CCO1. The van der Waals surface area contributed by atoms with E-state index >= 15 is 0 Å². The summed E-state index contributed by atoms with van der Waals surface area (Å²) in [6, 6.07) is 6.67. The Balaban J connectivity index is 1.76. The number of amides is 1. The molecule has 1 aliphatic heterocycles. The lowest BCUT2D eigenvalue weighted by molar-refractivity contribution is -0.141. The molecule has 1 aromatic heterocycles. The lowest BCUT2D eigenvalue weighted by atomic mass is 10.1. The molecular weight excluding hydrogens is 326 g/mol. The second kappa shape index (κ2) is 7.02. The van der Waals surface area contributed by atoms with Gasteiger partial charge in [0.25, 0.3) is 11.5 Å². The molecule has 1 amide bonds. The summed E-state index contributed by atoms with van der Waals surface area (Å²) in [5.41, 5.74) is -0.286. The van der Waals surface area contributed by atoms with Gasteiger partial charge in [0.15, 0.2) is 12.3 Å². The number of esters is 1. The van der Waals surface area contributed by atoms with Crippen molar-refractivity contribution < 1.29 is 19.1 Å². The highest BCUT2D eigenvalue weighted by Gasteiger charge is 2.23. The van der Waals surface area contributed by atoms with Crippen LogP contribution in [0.2, 0.25) is 0 Å².